The zero-order valence-corrected chi connectivity index (χ0v) is 20.0. The Bertz CT molecular complexity index is 992. The second-order valence-electron chi connectivity index (χ2n) is 9.36. The van der Waals surface area contributed by atoms with Gasteiger partial charge in [0.15, 0.2) is 0 Å². The van der Waals surface area contributed by atoms with Crippen LogP contribution in [0.3, 0.4) is 0 Å². The standard InChI is InChI=1S/C23H33N3O6S/c1-26-19-10-9-17(13-22(27)24-15-6-4-3-5-7-15)32-21(19)14-31-20-11-8-16(25-33(2,29)30)12-18(20)23(26)28/h8,11-12,15,17,19,21,25H,3-7,9-10,13-14H2,1-2H3,(H,24,27)/t17-,19-,21-/m0/s1. The molecule has 0 unspecified atom stereocenters. The van der Waals surface area contributed by atoms with E-state index in [0.717, 1.165) is 19.1 Å². The van der Waals surface area contributed by atoms with Crippen molar-refractivity contribution in [2.24, 2.45) is 0 Å². The second-order valence-corrected chi connectivity index (χ2v) is 11.1. The molecular formula is C23H33N3O6S. The Labute approximate surface area is 195 Å². The lowest BCUT2D eigenvalue weighted by atomic mass is 9.93. The van der Waals surface area contributed by atoms with Gasteiger partial charge >= 0.3 is 0 Å². The molecule has 1 aromatic rings. The van der Waals surface area contributed by atoms with Crippen molar-refractivity contribution in [2.45, 2.75) is 75.7 Å². The highest BCUT2D eigenvalue weighted by atomic mass is 32.2. The summed E-state index contributed by atoms with van der Waals surface area (Å²) in [5.41, 5.74) is 0.612. The van der Waals surface area contributed by atoms with Gasteiger partial charge in [0.1, 0.15) is 18.5 Å². The highest BCUT2D eigenvalue weighted by Gasteiger charge is 2.39. The van der Waals surface area contributed by atoms with Crippen molar-refractivity contribution in [3.8, 4) is 5.75 Å². The molecule has 2 N–H and O–H groups in total. The molecule has 2 amide bonds. The van der Waals surface area contributed by atoms with E-state index in [1.165, 1.54) is 25.3 Å². The van der Waals surface area contributed by atoms with Gasteiger partial charge in [-0.15, -0.1) is 0 Å². The molecule has 1 aliphatic carbocycles. The van der Waals surface area contributed by atoms with E-state index in [2.05, 4.69) is 10.0 Å². The van der Waals surface area contributed by atoms with Gasteiger partial charge in [0.2, 0.25) is 15.9 Å². The summed E-state index contributed by atoms with van der Waals surface area (Å²) in [5.74, 6) is 0.150. The first-order chi connectivity index (χ1) is 15.7. The molecular weight excluding hydrogens is 446 g/mol. The molecule has 9 nitrogen and oxygen atoms in total. The van der Waals surface area contributed by atoms with E-state index < -0.39 is 10.0 Å². The van der Waals surface area contributed by atoms with Crippen LogP contribution in [0.2, 0.25) is 0 Å². The van der Waals surface area contributed by atoms with Gasteiger partial charge in [-0.25, -0.2) is 8.42 Å². The largest absolute Gasteiger partial charge is 0.490 e. The number of likely N-dealkylation sites (N-methyl/N-ethyl adjacent to an activating group) is 1. The van der Waals surface area contributed by atoms with Crippen molar-refractivity contribution in [3.63, 3.8) is 0 Å². The maximum atomic E-state index is 13.2. The molecule has 33 heavy (non-hydrogen) atoms. The molecule has 3 aliphatic rings. The number of ether oxygens (including phenoxy) is 2. The number of hydrogen-bond acceptors (Lipinski definition) is 6. The summed E-state index contributed by atoms with van der Waals surface area (Å²) in [6.07, 6.45) is 7.87. The third-order valence-corrected chi connectivity index (χ3v) is 7.30. The van der Waals surface area contributed by atoms with Gasteiger partial charge in [0, 0.05) is 18.8 Å². The first-order valence-electron chi connectivity index (χ1n) is 11.7. The Morgan fingerprint density at radius 1 is 1.15 bits per heavy atom. The average Bonchev–Trinajstić information content (AvgIpc) is 2.76. The van der Waals surface area contributed by atoms with Gasteiger partial charge in [0.25, 0.3) is 5.91 Å². The van der Waals surface area contributed by atoms with Crippen molar-refractivity contribution >= 4 is 27.5 Å². The van der Waals surface area contributed by atoms with E-state index in [1.54, 1.807) is 24.1 Å². The second kappa shape index (κ2) is 9.89. The summed E-state index contributed by atoms with van der Waals surface area (Å²) in [5, 5.41) is 3.15. The zero-order valence-electron chi connectivity index (χ0n) is 19.2. The summed E-state index contributed by atoms with van der Waals surface area (Å²) in [4.78, 5) is 27.4. The smallest absolute Gasteiger partial charge is 0.257 e. The summed E-state index contributed by atoms with van der Waals surface area (Å²) in [6.45, 7) is 0.245. The van der Waals surface area contributed by atoms with E-state index in [0.29, 0.717) is 36.3 Å². The molecule has 0 aromatic heterocycles. The van der Waals surface area contributed by atoms with Crippen molar-refractivity contribution in [1.29, 1.82) is 0 Å². The predicted octanol–water partition coefficient (Wildman–Crippen LogP) is 2.28. The minimum Gasteiger partial charge on any atom is -0.490 e. The van der Waals surface area contributed by atoms with Crippen LogP contribution in [-0.2, 0) is 19.6 Å². The fourth-order valence-electron chi connectivity index (χ4n) is 5.05. The van der Waals surface area contributed by atoms with Crippen LogP contribution in [-0.4, -0.2) is 69.3 Å². The topological polar surface area (TPSA) is 114 Å². The minimum atomic E-state index is -3.46. The molecule has 10 heteroatoms. The van der Waals surface area contributed by atoms with Crippen molar-refractivity contribution in [2.75, 3.05) is 24.6 Å². The van der Waals surface area contributed by atoms with Crippen LogP contribution in [0.1, 0.15) is 61.7 Å². The Kier molecular flexibility index (Phi) is 7.13. The molecule has 0 spiro atoms. The third kappa shape index (κ3) is 5.97. The number of nitrogens with zero attached hydrogens (tertiary/aromatic N) is 1. The highest BCUT2D eigenvalue weighted by Crippen LogP contribution is 2.32. The van der Waals surface area contributed by atoms with Crippen molar-refractivity contribution in [3.05, 3.63) is 23.8 Å². The maximum Gasteiger partial charge on any atom is 0.257 e. The van der Waals surface area contributed by atoms with Gasteiger partial charge in [-0.2, -0.15) is 0 Å². The lowest BCUT2D eigenvalue weighted by Gasteiger charge is -2.42. The van der Waals surface area contributed by atoms with Gasteiger partial charge in [0.05, 0.1) is 30.4 Å². The first kappa shape index (κ1) is 23.8. The molecule has 1 saturated heterocycles. The molecule has 2 fully saturated rings. The van der Waals surface area contributed by atoms with Crippen LogP contribution in [0.25, 0.3) is 0 Å². The SMILES string of the molecule is CN1C(=O)c2cc(NS(C)(=O)=O)ccc2OC[C@@H]2O[C@H](CC(=O)NC3CCCCC3)CC[C@@H]21. The number of benzene rings is 1. The number of hydrogen-bond donors (Lipinski definition) is 2. The fourth-order valence-corrected chi connectivity index (χ4v) is 5.60. The van der Waals surface area contributed by atoms with Crippen LogP contribution < -0.4 is 14.8 Å². The molecule has 2 heterocycles. The predicted molar refractivity (Wildman–Crippen MR) is 124 cm³/mol. The number of anilines is 1. The number of fused-ring (bicyclic) bond motifs is 2. The zero-order chi connectivity index (χ0) is 23.6. The van der Waals surface area contributed by atoms with E-state index in [4.69, 9.17) is 9.47 Å². The normalized spacial score (nSPS) is 26.3. The molecule has 1 saturated carbocycles. The van der Waals surface area contributed by atoms with Gasteiger partial charge in [-0.1, -0.05) is 19.3 Å². The molecule has 0 radical (unpaired) electrons. The molecule has 182 valence electrons. The number of carbonyl (C=O) groups is 2. The average molecular weight is 480 g/mol. The van der Waals surface area contributed by atoms with E-state index in [9.17, 15) is 18.0 Å². The van der Waals surface area contributed by atoms with Gasteiger partial charge in [-0.3, -0.25) is 14.3 Å². The molecule has 2 aliphatic heterocycles. The van der Waals surface area contributed by atoms with Gasteiger partial charge in [-0.05, 0) is 43.9 Å². The first-order valence-corrected chi connectivity index (χ1v) is 13.6. The summed E-state index contributed by atoms with van der Waals surface area (Å²) < 4.78 is 37.7. The molecule has 1 aromatic carbocycles. The van der Waals surface area contributed by atoms with Crippen LogP contribution in [0.5, 0.6) is 5.75 Å². The number of sulfonamides is 1. The summed E-state index contributed by atoms with van der Waals surface area (Å²) >= 11 is 0. The maximum absolute atomic E-state index is 13.2. The Morgan fingerprint density at radius 3 is 2.64 bits per heavy atom. The fraction of sp³-hybridized carbons (Fsp3) is 0.652. The number of nitrogens with one attached hydrogen (secondary N) is 2. The van der Waals surface area contributed by atoms with Crippen LogP contribution >= 0.6 is 0 Å². The number of carbonyl (C=O) groups excluding carboxylic acids is 2. The molecule has 0 bridgehead atoms. The highest BCUT2D eigenvalue weighted by molar-refractivity contribution is 7.92. The Hall–Kier alpha value is -2.33. The Morgan fingerprint density at radius 2 is 1.91 bits per heavy atom. The summed E-state index contributed by atoms with van der Waals surface area (Å²) in [6, 6.07) is 4.74. The molecule has 3 atom stereocenters. The van der Waals surface area contributed by atoms with Crippen LogP contribution in [0.15, 0.2) is 18.2 Å². The van der Waals surface area contributed by atoms with E-state index in [1.807, 2.05) is 0 Å². The number of amides is 2. The van der Waals surface area contributed by atoms with E-state index in [-0.39, 0.29) is 42.7 Å². The number of rotatable bonds is 5. The lowest BCUT2D eigenvalue weighted by Crippen LogP contribution is -2.54. The van der Waals surface area contributed by atoms with Gasteiger partial charge < -0.3 is 19.7 Å². The van der Waals surface area contributed by atoms with Crippen LogP contribution in [0.4, 0.5) is 5.69 Å². The lowest BCUT2D eigenvalue weighted by molar-refractivity contribution is -0.134. The quantitative estimate of drug-likeness (QED) is 0.670. The Balaban J connectivity index is 1.42. The van der Waals surface area contributed by atoms with Crippen molar-refractivity contribution in [1.82, 2.24) is 10.2 Å². The summed E-state index contributed by atoms with van der Waals surface area (Å²) in [7, 11) is -1.74. The van der Waals surface area contributed by atoms with Crippen LogP contribution in [0, 0.1) is 0 Å². The minimum absolute atomic E-state index is 0.0257. The third-order valence-electron chi connectivity index (χ3n) is 6.70. The van der Waals surface area contributed by atoms with E-state index >= 15 is 0 Å². The monoisotopic (exact) mass is 479 g/mol. The molecule has 4 rings (SSSR count). The van der Waals surface area contributed by atoms with Crippen molar-refractivity contribution < 1.29 is 27.5 Å².